The van der Waals surface area contributed by atoms with Crippen LogP contribution >= 0.6 is 0 Å². The molecule has 3 rings (SSSR count). The summed E-state index contributed by atoms with van der Waals surface area (Å²) < 4.78 is 27.2. The molecule has 2 atom stereocenters. The first-order valence-corrected chi connectivity index (χ1v) is 10.9. The quantitative estimate of drug-likeness (QED) is 0.718. The van der Waals surface area contributed by atoms with E-state index in [0.717, 1.165) is 11.1 Å². The number of rotatable bonds is 7. The molecule has 1 fully saturated rings. The third kappa shape index (κ3) is 4.83. The van der Waals surface area contributed by atoms with Crippen LogP contribution in [0.1, 0.15) is 24.0 Å². The van der Waals surface area contributed by atoms with Gasteiger partial charge in [0.15, 0.2) is 0 Å². The van der Waals surface area contributed by atoms with Crippen molar-refractivity contribution in [3.63, 3.8) is 0 Å². The third-order valence-electron chi connectivity index (χ3n) is 5.03. The second-order valence-corrected chi connectivity index (χ2v) is 9.07. The Morgan fingerprint density at radius 1 is 1.14 bits per heavy atom. The van der Waals surface area contributed by atoms with Crippen molar-refractivity contribution < 1.29 is 23.1 Å². The molecule has 7 nitrogen and oxygen atoms in total. The molecule has 1 aliphatic rings. The lowest BCUT2D eigenvalue weighted by atomic mass is 10.1. The number of sulfonamides is 1. The number of hydrogen-bond donors (Lipinski definition) is 2. The topological polar surface area (TPSA) is 104 Å². The van der Waals surface area contributed by atoms with E-state index < -0.39 is 34.0 Å². The average Bonchev–Trinajstić information content (AvgIpc) is 3.19. The van der Waals surface area contributed by atoms with E-state index in [1.165, 1.54) is 16.4 Å². The maximum Gasteiger partial charge on any atom is 0.326 e. The standard InChI is InChI=1S/C21H24N2O5S/c1-15-9-11-17(12-10-15)29(27,28)23-13-5-8-19(23)20(24)22-18(21(25)26)14-16-6-3-2-4-7-16/h2-4,6-7,9-12,18-19H,5,8,13-14H2,1H3,(H,22,24)(H,25,26)/t18-,19+/m1/s1. The van der Waals surface area contributed by atoms with E-state index in [2.05, 4.69) is 5.32 Å². The first-order valence-electron chi connectivity index (χ1n) is 9.44. The Morgan fingerprint density at radius 2 is 1.79 bits per heavy atom. The van der Waals surface area contributed by atoms with E-state index in [9.17, 15) is 23.1 Å². The molecule has 0 bridgehead atoms. The van der Waals surface area contributed by atoms with Gasteiger partial charge in [0, 0.05) is 13.0 Å². The van der Waals surface area contributed by atoms with Crippen molar-refractivity contribution in [3.8, 4) is 0 Å². The monoisotopic (exact) mass is 416 g/mol. The van der Waals surface area contributed by atoms with Crippen molar-refractivity contribution in [2.24, 2.45) is 0 Å². The van der Waals surface area contributed by atoms with Crippen LogP contribution in [0.2, 0.25) is 0 Å². The van der Waals surface area contributed by atoms with Crippen molar-refractivity contribution in [2.75, 3.05) is 6.54 Å². The van der Waals surface area contributed by atoms with Crippen LogP contribution in [0.3, 0.4) is 0 Å². The first-order chi connectivity index (χ1) is 13.8. The van der Waals surface area contributed by atoms with Gasteiger partial charge in [0.2, 0.25) is 15.9 Å². The minimum atomic E-state index is -3.84. The summed E-state index contributed by atoms with van der Waals surface area (Å²) in [6.07, 6.45) is 1.02. The lowest BCUT2D eigenvalue weighted by Gasteiger charge is -2.25. The van der Waals surface area contributed by atoms with Crippen molar-refractivity contribution in [3.05, 3.63) is 65.7 Å². The summed E-state index contributed by atoms with van der Waals surface area (Å²) in [5, 5.41) is 12.0. The molecule has 2 aromatic carbocycles. The van der Waals surface area contributed by atoms with Crippen LogP contribution in [0.4, 0.5) is 0 Å². The van der Waals surface area contributed by atoms with Gasteiger partial charge >= 0.3 is 5.97 Å². The Kier molecular flexibility index (Phi) is 6.34. The van der Waals surface area contributed by atoms with E-state index in [4.69, 9.17) is 0 Å². The molecular formula is C21H24N2O5S. The fourth-order valence-corrected chi connectivity index (χ4v) is 5.11. The lowest BCUT2D eigenvalue weighted by Crippen LogP contribution is -2.51. The summed E-state index contributed by atoms with van der Waals surface area (Å²) in [6, 6.07) is 13.4. The first kappa shape index (κ1) is 21.0. The van der Waals surface area contributed by atoms with E-state index in [-0.39, 0.29) is 17.9 Å². The summed E-state index contributed by atoms with van der Waals surface area (Å²) in [4.78, 5) is 24.6. The number of carbonyl (C=O) groups is 2. The number of carboxylic acid groups (broad SMARTS) is 1. The molecule has 154 valence electrons. The van der Waals surface area contributed by atoms with Crippen LogP contribution in [0.15, 0.2) is 59.5 Å². The second kappa shape index (κ2) is 8.75. The number of aryl methyl sites for hydroxylation is 1. The zero-order valence-corrected chi connectivity index (χ0v) is 16.9. The number of carboxylic acids is 1. The minimum absolute atomic E-state index is 0.124. The number of benzene rings is 2. The van der Waals surface area contributed by atoms with E-state index in [1.807, 2.05) is 13.0 Å². The Labute approximate surface area is 170 Å². The second-order valence-electron chi connectivity index (χ2n) is 7.18. The molecule has 2 aromatic rings. The molecule has 0 saturated carbocycles. The molecule has 1 saturated heterocycles. The van der Waals surface area contributed by atoms with Crippen LogP contribution in [0.5, 0.6) is 0 Å². The number of carbonyl (C=O) groups excluding carboxylic acids is 1. The van der Waals surface area contributed by atoms with Crippen molar-refractivity contribution in [1.82, 2.24) is 9.62 Å². The van der Waals surface area contributed by atoms with E-state index >= 15 is 0 Å². The van der Waals surface area contributed by atoms with Crippen LogP contribution in [0, 0.1) is 6.92 Å². The number of amides is 1. The summed E-state index contributed by atoms with van der Waals surface area (Å²) in [5.41, 5.74) is 1.71. The molecule has 1 heterocycles. The van der Waals surface area contributed by atoms with Gasteiger partial charge in [-0.3, -0.25) is 4.79 Å². The van der Waals surface area contributed by atoms with Crippen LogP contribution < -0.4 is 5.32 Å². The van der Waals surface area contributed by atoms with Crippen LogP contribution in [-0.4, -0.2) is 48.3 Å². The molecule has 0 unspecified atom stereocenters. The average molecular weight is 416 g/mol. The highest BCUT2D eigenvalue weighted by Gasteiger charge is 2.40. The summed E-state index contributed by atoms with van der Waals surface area (Å²) in [5.74, 6) is -1.74. The Morgan fingerprint density at radius 3 is 2.41 bits per heavy atom. The number of nitrogens with one attached hydrogen (secondary N) is 1. The Balaban J connectivity index is 1.76. The highest BCUT2D eigenvalue weighted by molar-refractivity contribution is 7.89. The molecule has 29 heavy (non-hydrogen) atoms. The summed E-state index contributed by atoms with van der Waals surface area (Å²) in [7, 11) is -3.84. The molecule has 0 radical (unpaired) electrons. The normalized spacial score (nSPS) is 18.3. The van der Waals surface area contributed by atoms with Gasteiger partial charge in [-0.05, 0) is 37.5 Å². The molecule has 0 aromatic heterocycles. The fraction of sp³-hybridized carbons (Fsp3) is 0.333. The number of hydrogen-bond acceptors (Lipinski definition) is 4. The van der Waals surface area contributed by atoms with E-state index in [0.29, 0.717) is 12.8 Å². The maximum absolute atomic E-state index is 13.0. The maximum atomic E-state index is 13.0. The van der Waals surface area contributed by atoms with Crippen molar-refractivity contribution in [2.45, 2.75) is 43.2 Å². The molecule has 2 N–H and O–H groups in total. The SMILES string of the molecule is Cc1ccc(S(=O)(=O)N2CCC[C@H]2C(=O)N[C@H](Cc2ccccc2)C(=O)O)cc1. The predicted octanol–water partition coefficient (Wildman–Crippen LogP) is 1.96. The Bertz CT molecular complexity index is 974. The highest BCUT2D eigenvalue weighted by Crippen LogP contribution is 2.26. The van der Waals surface area contributed by atoms with Gasteiger partial charge < -0.3 is 10.4 Å². The minimum Gasteiger partial charge on any atom is -0.480 e. The number of aliphatic carboxylic acids is 1. The van der Waals surface area contributed by atoms with Crippen LogP contribution in [0.25, 0.3) is 0 Å². The smallest absolute Gasteiger partial charge is 0.326 e. The van der Waals surface area contributed by atoms with E-state index in [1.54, 1.807) is 36.4 Å². The fourth-order valence-electron chi connectivity index (χ4n) is 3.45. The van der Waals surface area contributed by atoms with Gasteiger partial charge in [-0.1, -0.05) is 48.0 Å². The lowest BCUT2D eigenvalue weighted by molar-refractivity contribution is -0.142. The van der Waals surface area contributed by atoms with Gasteiger partial charge in [-0.2, -0.15) is 4.31 Å². The molecular weight excluding hydrogens is 392 g/mol. The zero-order chi connectivity index (χ0) is 21.0. The van der Waals surface area contributed by atoms with Crippen molar-refractivity contribution in [1.29, 1.82) is 0 Å². The van der Waals surface area contributed by atoms with Gasteiger partial charge in [0.1, 0.15) is 12.1 Å². The van der Waals surface area contributed by atoms with Gasteiger partial charge in [0.05, 0.1) is 4.90 Å². The molecule has 1 amide bonds. The molecule has 8 heteroatoms. The number of nitrogens with zero attached hydrogens (tertiary/aromatic N) is 1. The van der Waals surface area contributed by atoms with Gasteiger partial charge in [0.25, 0.3) is 0 Å². The molecule has 0 aliphatic carbocycles. The molecule has 0 spiro atoms. The van der Waals surface area contributed by atoms with Gasteiger partial charge in [-0.25, -0.2) is 13.2 Å². The highest BCUT2D eigenvalue weighted by atomic mass is 32.2. The summed E-state index contributed by atoms with van der Waals surface area (Å²) in [6.45, 7) is 2.09. The Hall–Kier alpha value is -2.71. The zero-order valence-electron chi connectivity index (χ0n) is 16.1. The van der Waals surface area contributed by atoms with Crippen LogP contribution in [-0.2, 0) is 26.0 Å². The molecule has 1 aliphatic heterocycles. The largest absolute Gasteiger partial charge is 0.480 e. The summed E-state index contributed by atoms with van der Waals surface area (Å²) >= 11 is 0. The third-order valence-corrected chi connectivity index (χ3v) is 6.95. The predicted molar refractivity (Wildman–Crippen MR) is 108 cm³/mol. The van der Waals surface area contributed by atoms with Crippen molar-refractivity contribution >= 4 is 21.9 Å². The van der Waals surface area contributed by atoms with Gasteiger partial charge in [-0.15, -0.1) is 0 Å².